The molecule has 466 valence electrons. The van der Waals surface area contributed by atoms with E-state index in [1.54, 1.807) is 0 Å². The van der Waals surface area contributed by atoms with Gasteiger partial charge in [0.1, 0.15) is 60.3 Å². The fourth-order valence-electron chi connectivity index (χ4n) is 10.4. The second-order valence-corrected chi connectivity index (χ2v) is 22.3. The number of carbonyl (C=O) groups is 10. The molecule has 3 aliphatic heterocycles. The number of ether oxygens (including phenoxy) is 1. The molecule has 0 radical (unpaired) electrons. The number of nitrogens with zero attached hydrogens (tertiary/aromatic N) is 2. The number of carboxylic acids is 1. The van der Waals surface area contributed by atoms with Crippen molar-refractivity contribution in [1.29, 1.82) is 0 Å². The number of amides is 8. The number of esters is 1. The minimum Gasteiger partial charge on any atom is -0.481 e. The van der Waals surface area contributed by atoms with Crippen LogP contribution in [0.4, 0.5) is 0 Å². The average Bonchev–Trinajstić information content (AvgIpc) is 4.05. The molecule has 3 fully saturated rings. The first kappa shape index (κ1) is 69.1. The fourth-order valence-corrected chi connectivity index (χ4v) is 10.4. The van der Waals surface area contributed by atoms with E-state index in [0.29, 0.717) is 29.6 Å². The van der Waals surface area contributed by atoms with E-state index in [-0.39, 0.29) is 43.4 Å². The number of carboxylic acid groups (broad SMARTS) is 1. The number of fused-ring (bicyclic) bond motifs is 2. The number of aliphatic hydroxyl groups is 8. The van der Waals surface area contributed by atoms with E-state index in [0.717, 1.165) is 74.6 Å². The van der Waals surface area contributed by atoms with Crippen molar-refractivity contribution in [2.75, 3.05) is 13.1 Å². The highest BCUT2D eigenvalue weighted by atomic mass is 16.5. The molecular weight excluding hydrogens is 1090 g/mol. The zero-order chi connectivity index (χ0) is 61.8. The summed E-state index contributed by atoms with van der Waals surface area (Å²) in [5, 5.41) is 110. The molecule has 28 nitrogen and oxygen atoms in total. The van der Waals surface area contributed by atoms with Crippen molar-refractivity contribution in [2.24, 2.45) is 17.6 Å². The number of aliphatic carboxylic acids is 1. The molecule has 1 aromatic carbocycles. The van der Waals surface area contributed by atoms with E-state index < -0.39 is 177 Å². The third-order valence-corrected chi connectivity index (χ3v) is 15.3. The fraction of sp³-hybridized carbons (Fsp3) is 0.709. The number of aliphatic hydroxyl groups excluding tert-OH is 8. The summed E-state index contributed by atoms with van der Waals surface area (Å²) in [6.45, 7) is 6.65. The normalized spacial score (nSPS) is 27.2. The first-order chi connectivity index (χ1) is 39.1. The molecule has 3 saturated heterocycles. The van der Waals surface area contributed by atoms with Gasteiger partial charge in [0.2, 0.25) is 47.3 Å². The molecule has 28 heteroatoms. The van der Waals surface area contributed by atoms with E-state index in [4.69, 9.17) is 15.6 Å². The number of nitrogens with two attached hydrogens (primary N) is 1. The standard InChI is InChI=1S/C55H86N8O20/c1-5-28(2)23-29(3)13-10-8-6-7-9-11-14-40(70)57-34-25-38(68)51(78)61-53(80)46-36(66)21-22-62(46)55(82)44(37(67)26-39(56)69)59-52(79)45(48(75)47(74)31-17-19-33(20-18-31)83-42(73)16-12-15-41(71)72)60-50(77)35-24-32(65)27-63(35)54(81)43(30(4)64)58-49(34)76/h17-20,28-30,32,34-38,43-48,51,64-68,74-75,78H,5-16,21-27H2,1-4H3,(H2,56,69)(H,57,70)(H,58,76)(H,59,79)(H,60,77)(H,61,80)(H,71,72)/t28?,29?,30-,32-,34+,35+,36+,37-,38-,43+,44+,45+,46+,47+,48+,51-/m1/s1. The zero-order valence-corrected chi connectivity index (χ0v) is 47.5. The number of hydrogen-bond acceptors (Lipinski definition) is 19. The first-order valence-electron chi connectivity index (χ1n) is 28.5. The summed E-state index contributed by atoms with van der Waals surface area (Å²) in [5.74, 6) is -10.7. The maximum Gasteiger partial charge on any atom is 0.311 e. The molecule has 0 aromatic heterocycles. The lowest BCUT2D eigenvalue weighted by Gasteiger charge is -2.34. The van der Waals surface area contributed by atoms with Crippen molar-refractivity contribution in [3.05, 3.63) is 29.8 Å². The largest absolute Gasteiger partial charge is 0.481 e. The SMILES string of the molecule is CCC(C)CC(C)CCCCCCCCC(=O)N[C@H]1C[C@@H](O)[C@@H](O)NC(=O)[C@@H]2[C@@H](O)CCN2C(=O)[C@H]([C@H](O)CC(N)=O)NC(=O)[C@H]([C@H](O)[C@@H](O)c2ccc(OC(=O)CCCC(=O)O)cc2)NC(=O)[C@@H]2C[C@@H](O)CN2C(=O)[C@H]([C@@H](C)O)NC1=O. The van der Waals surface area contributed by atoms with Gasteiger partial charge in [0, 0.05) is 45.2 Å². The number of carbonyl (C=O) groups excluding carboxylic acids is 9. The molecule has 1 aromatic rings. The van der Waals surface area contributed by atoms with Crippen LogP contribution in [-0.4, -0.2) is 207 Å². The van der Waals surface area contributed by atoms with Crippen LogP contribution in [-0.2, 0) is 47.9 Å². The van der Waals surface area contributed by atoms with E-state index >= 15 is 0 Å². The molecule has 3 heterocycles. The zero-order valence-electron chi connectivity index (χ0n) is 47.5. The Morgan fingerprint density at radius 1 is 0.699 bits per heavy atom. The lowest BCUT2D eigenvalue weighted by molar-refractivity contribution is -0.149. The number of primary amides is 1. The Hall–Kier alpha value is -6.40. The van der Waals surface area contributed by atoms with E-state index in [1.807, 2.05) is 5.32 Å². The van der Waals surface area contributed by atoms with Gasteiger partial charge in [-0.1, -0.05) is 77.8 Å². The first-order valence-corrected chi connectivity index (χ1v) is 28.5. The highest BCUT2D eigenvalue weighted by molar-refractivity contribution is 5.98. The van der Waals surface area contributed by atoms with Crippen molar-refractivity contribution in [2.45, 2.75) is 222 Å². The topological polar surface area (TPSA) is 455 Å². The van der Waals surface area contributed by atoms with E-state index in [2.05, 4.69) is 42.0 Å². The highest BCUT2D eigenvalue weighted by Crippen LogP contribution is 2.27. The lowest BCUT2D eigenvalue weighted by atomic mass is 9.91. The molecule has 0 bridgehead atoms. The van der Waals surface area contributed by atoms with Gasteiger partial charge in [-0.15, -0.1) is 0 Å². The van der Waals surface area contributed by atoms with Crippen molar-refractivity contribution >= 4 is 59.2 Å². The predicted octanol–water partition coefficient (Wildman–Crippen LogP) is -2.89. The molecule has 83 heavy (non-hydrogen) atoms. The minimum absolute atomic E-state index is 0.0346. The summed E-state index contributed by atoms with van der Waals surface area (Å²) in [6.07, 6.45) is -11.5. The van der Waals surface area contributed by atoms with Crippen LogP contribution in [0.2, 0.25) is 0 Å². The average molecular weight is 1180 g/mol. The van der Waals surface area contributed by atoms with E-state index in [9.17, 15) is 88.8 Å². The number of hydrogen-bond donors (Lipinski definition) is 15. The molecule has 4 rings (SSSR count). The van der Waals surface area contributed by atoms with Gasteiger partial charge in [0.25, 0.3) is 0 Å². The Bertz CT molecular complexity index is 2380. The predicted molar refractivity (Wildman–Crippen MR) is 291 cm³/mol. The van der Waals surface area contributed by atoms with Crippen LogP contribution in [0.15, 0.2) is 24.3 Å². The van der Waals surface area contributed by atoms with Gasteiger partial charge in [0.15, 0.2) is 6.23 Å². The number of benzene rings is 1. The van der Waals surface area contributed by atoms with Gasteiger partial charge in [0.05, 0.1) is 30.8 Å². The van der Waals surface area contributed by atoms with Crippen LogP contribution >= 0.6 is 0 Å². The van der Waals surface area contributed by atoms with Crippen LogP contribution < -0.4 is 37.1 Å². The molecular formula is C55H86N8O20. The summed E-state index contributed by atoms with van der Waals surface area (Å²) >= 11 is 0. The van der Waals surface area contributed by atoms with Gasteiger partial charge in [-0.2, -0.15) is 0 Å². The number of unbranched alkanes of at least 4 members (excludes halogenated alkanes) is 5. The lowest BCUT2D eigenvalue weighted by Crippen LogP contribution is -2.64. The summed E-state index contributed by atoms with van der Waals surface area (Å²) in [4.78, 5) is 136. The summed E-state index contributed by atoms with van der Waals surface area (Å²) in [5.41, 5.74) is 5.16. The Morgan fingerprint density at radius 3 is 1.94 bits per heavy atom. The molecule has 3 aliphatic rings. The maximum atomic E-state index is 14.6. The van der Waals surface area contributed by atoms with Crippen molar-refractivity contribution in [3.8, 4) is 5.75 Å². The van der Waals surface area contributed by atoms with Gasteiger partial charge in [-0.25, -0.2) is 0 Å². The van der Waals surface area contributed by atoms with Crippen molar-refractivity contribution < 1.29 is 98.6 Å². The Morgan fingerprint density at radius 2 is 1.31 bits per heavy atom. The van der Waals surface area contributed by atoms with Crippen LogP contribution in [0, 0.1) is 11.8 Å². The van der Waals surface area contributed by atoms with Crippen LogP contribution in [0.3, 0.4) is 0 Å². The molecule has 2 unspecified atom stereocenters. The third kappa shape index (κ3) is 21.0. The second kappa shape index (κ2) is 33.2. The van der Waals surface area contributed by atoms with Crippen LogP contribution in [0.5, 0.6) is 5.75 Å². The van der Waals surface area contributed by atoms with Gasteiger partial charge < -0.3 is 92.8 Å². The van der Waals surface area contributed by atoms with Crippen LogP contribution in [0.1, 0.15) is 149 Å². The maximum absolute atomic E-state index is 14.6. The summed E-state index contributed by atoms with van der Waals surface area (Å²) in [7, 11) is 0. The van der Waals surface area contributed by atoms with Gasteiger partial charge in [-0.3, -0.25) is 47.9 Å². The molecule has 16 N–H and O–H groups in total. The van der Waals surface area contributed by atoms with Crippen molar-refractivity contribution in [1.82, 2.24) is 36.4 Å². The van der Waals surface area contributed by atoms with E-state index in [1.165, 1.54) is 6.42 Å². The van der Waals surface area contributed by atoms with Gasteiger partial charge in [-0.05, 0) is 62.1 Å². The smallest absolute Gasteiger partial charge is 0.311 e. The minimum atomic E-state index is -2.45. The molecule has 16 atom stereocenters. The number of rotatable bonds is 25. The Labute approximate surface area is 481 Å². The van der Waals surface area contributed by atoms with Crippen LogP contribution in [0.25, 0.3) is 0 Å². The van der Waals surface area contributed by atoms with Crippen molar-refractivity contribution in [3.63, 3.8) is 0 Å². The highest BCUT2D eigenvalue weighted by Gasteiger charge is 2.49. The Balaban J connectivity index is 1.70. The molecule has 8 amide bonds. The Kier molecular flexibility index (Phi) is 27.6. The third-order valence-electron chi connectivity index (χ3n) is 15.3. The molecule has 0 saturated carbocycles. The molecule has 0 spiro atoms. The monoisotopic (exact) mass is 1180 g/mol. The summed E-state index contributed by atoms with van der Waals surface area (Å²) in [6, 6.07) is -7.65. The number of nitrogens with one attached hydrogen (secondary N) is 5. The molecule has 0 aliphatic carbocycles. The second-order valence-electron chi connectivity index (χ2n) is 22.3. The summed E-state index contributed by atoms with van der Waals surface area (Å²) < 4.78 is 5.20. The quantitative estimate of drug-likeness (QED) is 0.0265. The van der Waals surface area contributed by atoms with Gasteiger partial charge >= 0.3 is 11.9 Å².